The minimum atomic E-state index is -0.825. The van der Waals surface area contributed by atoms with Crippen molar-refractivity contribution in [1.82, 2.24) is 4.90 Å². The number of hydrogen-bond donors (Lipinski definition) is 1. The van der Waals surface area contributed by atoms with E-state index in [2.05, 4.69) is 18.9 Å². The van der Waals surface area contributed by atoms with Crippen LogP contribution in [0.4, 0.5) is 0 Å². The van der Waals surface area contributed by atoms with Gasteiger partial charge in [-0.3, -0.25) is 0 Å². The fourth-order valence-corrected chi connectivity index (χ4v) is 1.89. The molecule has 4 nitrogen and oxygen atoms in total. The summed E-state index contributed by atoms with van der Waals surface area (Å²) in [5, 5.41) is 8.77. The number of ether oxygens (including phenoxy) is 1. The maximum absolute atomic E-state index is 10.7. The third-order valence-corrected chi connectivity index (χ3v) is 2.79. The van der Waals surface area contributed by atoms with Gasteiger partial charge in [0.2, 0.25) is 0 Å². The molecular formula is C11H21NO3. The Morgan fingerprint density at radius 1 is 1.53 bits per heavy atom. The number of hydrogen-bond acceptors (Lipinski definition) is 3. The molecule has 1 N–H and O–H groups in total. The zero-order valence-electron chi connectivity index (χ0n) is 9.61. The minimum absolute atomic E-state index is 0.105. The molecule has 0 aromatic rings. The molecule has 1 aliphatic heterocycles. The van der Waals surface area contributed by atoms with Gasteiger partial charge in [-0.1, -0.05) is 13.3 Å². The van der Waals surface area contributed by atoms with Crippen molar-refractivity contribution in [2.24, 2.45) is 0 Å². The maximum atomic E-state index is 10.7. The van der Waals surface area contributed by atoms with Crippen molar-refractivity contribution >= 4 is 5.97 Å². The molecule has 0 aromatic heterocycles. The Balaban J connectivity index is 2.20. The highest BCUT2D eigenvalue weighted by Gasteiger charge is 2.30. The second-order valence-corrected chi connectivity index (χ2v) is 4.28. The first kappa shape index (κ1) is 12.5. The number of nitrogens with zero attached hydrogens (tertiary/aromatic N) is 1. The number of unbranched alkanes of at least 4 members (excludes halogenated alkanes) is 1. The minimum Gasteiger partial charge on any atom is -0.479 e. The van der Waals surface area contributed by atoms with E-state index in [4.69, 9.17) is 9.84 Å². The van der Waals surface area contributed by atoms with Crippen LogP contribution in [0, 0.1) is 0 Å². The van der Waals surface area contributed by atoms with Gasteiger partial charge in [-0.05, 0) is 32.9 Å². The summed E-state index contributed by atoms with van der Waals surface area (Å²) in [6.45, 7) is 4.08. The molecule has 1 rings (SSSR count). The molecule has 0 saturated carbocycles. The molecule has 0 amide bonds. The summed E-state index contributed by atoms with van der Waals surface area (Å²) in [5.74, 6) is -0.825. The lowest BCUT2D eigenvalue weighted by atomic mass is 10.2. The lowest BCUT2D eigenvalue weighted by Gasteiger charge is -2.20. The lowest BCUT2D eigenvalue weighted by Crippen LogP contribution is -2.31. The van der Waals surface area contributed by atoms with Gasteiger partial charge in [-0.2, -0.15) is 0 Å². The molecule has 2 unspecified atom stereocenters. The molecule has 1 aliphatic rings. The standard InChI is InChI=1S/C11H21NO3/c1-3-4-7-12(2)8-9-5-6-10(15-9)11(13)14/h9-10H,3-8H2,1-2H3,(H,13,14). The molecule has 1 saturated heterocycles. The first-order valence-corrected chi connectivity index (χ1v) is 5.70. The van der Waals surface area contributed by atoms with Crippen molar-refractivity contribution in [3.63, 3.8) is 0 Å². The predicted octanol–water partition coefficient (Wildman–Crippen LogP) is 1.35. The molecule has 0 aromatic carbocycles. The van der Waals surface area contributed by atoms with Gasteiger partial charge in [0.05, 0.1) is 6.10 Å². The number of carboxylic acids is 1. The zero-order chi connectivity index (χ0) is 11.3. The summed E-state index contributed by atoms with van der Waals surface area (Å²) in [6, 6.07) is 0. The van der Waals surface area contributed by atoms with Crippen LogP contribution in [0.3, 0.4) is 0 Å². The van der Waals surface area contributed by atoms with Gasteiger partial charge in [-0.15, -0.1) is 0 Å². The zero-order valence-corrected chi connectivity index (χ0v) is 9.61. The molecule has 4 heteroatoms. The van der Waals surface area contributed by atoms with Crippen LogP contribution in [0.1, 0.15) is 32.6 Å². The second kappa shape index (κ2) is 6.08. The summed E-state index contributed by atoms with van der Waals surface area (Å²) in [4.78, 5) is 12.9. The van der Waals surface area contributed by atoms with Crippen molar-refractivity contribution in [3.8, 4) is 0 Å². The largest absolute Gasteiger partial charge is 0.479 e. The van der Waals surface area contributed by atoms with Gasteiger partial charge in [-0.25, -0.2) is 4.79 Å². The number of carbonyl (C=O) groups is 1. The van der Waals surface area contributed by atoms with E-state index in [1.807, 2.05) is 0 Å². The fraction of sp³-hybridized carbons (Fsp3) is 0.909. The van der Waals surface area contributed by atoms with E-state index in [1.54, 1.807) is 0 Å². The first-order valence-electron chi connectivity index (χ1n) is 5.70. The van der Waals surface area contributed by atoms with E-state index >= 15 is 0 Å². The predicted molar refractivity (Wildman–Crippen MR) is 57.9 cm³/mol. The van der Waals surface area contributed by atoms with E-state index < -0.39 is 12.1 Å². The number of carboxylic acid groups (broad SMARTS) is 1. The number of rotatable bonds is 6. The van der Waals surface area contributed by atoms with E-state index in [0.717, 1.165) is 19.5 Å². The topological polar surface area (TPSA) is 49.8 Å². The van der Waals surface area contributed by atoms with Crippen LogP contribution in [-0.4, -0.2) is 48.3 Å². The number of aliphatic carboxylic acids is 1. The first-order chi connectivity index (χ1) is 7.13. The van der Waals surface area contributed by atoms with Gasteiger partial charge < -0.3 is 14.7 Å². The molecule has 0 radical (unpaired) electrons. The van der Waals surface area contributed by atoms with E-state index in [9.17, 15) is 4.79 Å². The van der Waals surface area contributed by atoms with Crippen LogP contribution in [0.15, 0.2) is 0 Å². The third kappa shape index (κ3) is 4.18. The summed E-state index contributed by atoms with van der Waals surface area (Å²) in [6.07, 6.45) is 3.43. The van der Waals surface area contributed by atoms with Crippen LogP contribution in [0.25, 0.3) is 0 Å². The average molecular weight is 215 g/mol. The van der Waals surface area contributed by atoms with Crippen molar-refractivity contribution in [2.45, 2.75) is 44.8 Å². The van der Waals surface area contributed by atoms with Gasteiger partial charge in [0.1, 0.15) is 0 Å². The third-order valence-electron chi connectivity index (χ3n) is 2.79. The summed E-state index contributed by atoms with van der Waals surface area (Å²) < 4.78 is 5.43. The van der Waals surface area contributed by atoms with Crippen molar-refractivity contribution < 1.29 is 14.6 Å². The molecule has 0 bridgehead atoms. The Bertz CT molecular complexity index is 208. The van der Waals surface area contributed by atoms with Crippen molar-refractivity contribution in [2.75, 3.05) is 20.1 Å². The van der Waals surface area contributed by atoms with Gasteiger partial charge in [0, 0.05) is 6.54 Å². The Kier molecular flexibility index (Phi) is 5.05. The van der Waals surface area contributed by atoms with Crippen LogP contribution >= 0.6 is 0 Å². The van der Waals surface area contributed by atoms with Crippen LogP contribution in [-0.2, 0) is 9.53 Å². The quantitative estimate of drug-likeness (QED) is 0.726. The number of likely N-dealkylation sites (N-methyl/N-ethyl adjacent to an activating group) is 1. The fourth-order valence-electron chi connectivity index (χ4n) is 1.89. The molecule has 2 atom stereocenters. The Morgan fingerprint density at radius 2 is 2.27 bits per heavy atom. The average Bonchev–Trinajstić information content (AvgIpc) is 2.63. The van der Waals surface area contributed by atoms with Crippen molar-refractivity contribution in [3.05, 3.63) is 0 Å². The highest BCUT2D eigenvalue weighted by molar-refractivity contribution is 5.72. The van der Waals surface area contributed by atoms with E-state index in [-0.39, 0.29) is 6.10 Å². The Hall–Kier alpha value is -0.610. The van der Waals surface area contributed by atoms with Crippen LogP contribution in [0.2, 0.25) is 0 Å². The van der Waals surface area contributed by atoms with Gasteiger partial charge >= 0.3 is 5.97 Å². The highest BCUT2D eigenvalue weighted by atomic mass is 16.5. The molecular weight excluding hydrogens is 194 g/mol. The summed E-state index contributed by atoms with van der Waals surface area (Å²) in [5.41, 5.74) is 0. The van der Waals surface area contributed by atoms with Gasteiger partial charge in [0.25, 0.3) is 0 Å². The van der Waals surface area contributed by atoms with Crippen LogP contribution < -0.4 is 0 Å². The highest BCUT2D eigenvalue weighted by Crippen LogP contribution is 2.20. The van der Waals surface area contributed by atoms with E-state index in [1.165, 1.54) is 12.8 Å². The van der Waals surface area contributed by atoms with Crippen molar-refractivity contribution in [1.29, 1.82) is 0 Å². The SMILES string of the molecule is CCCCN(C)CC1CCC(C(=O)O)O1. The molecule has 88 valence electrons. The molecule has 0 aliphatic carbocycles. The molecule has 1 fully saturated rings. The van der Waals surface area contributed by atoms with E-state index in [0.29, 0.717) is 6.42 Å². The molecule has 1 heterocycles. The normalized spacial score (nSPS) is 26.1. The van der Waals surface area contributed by atoms with Gasteiger partial charge in [0.15, 0.2) is 6.10 Å². The Morgan fingerprint density at radius 3 is 2.80 bits per heavy atom. The second-order valence-electron chi connectivity index (χ2n) is 4.28. The molecule has 15 heavy (non-hydrogen) atoms. The summed E-state index contributed by atoms with van der Waals surface area (Å²) >= 11 is 0. The summed E-state index contributed by atoms with van der Waals surface area (Å²) in [7, 11) is 2.06. The monoisotopic (exact) mass is 215 g/mol. The molecule has 0 spiro atoms. The lowest BCUT2D eigenvalue weighted by molar-refractivity contribution is -0.149. The maximum Gasteiger partial charge on any atom is 0.332 e. The smallest absolute Gasteiger partial charge is 0.332 e. The Labute approximate surface area is 91.2 Å². The van der Waals surface area contributed by atoms with Crippen LogP contribution in [0.5, 0.6) is 0 Å².